The first-order valence-electron chi connectivity index (χ1n) is 6.02. The highest BCUT2D eigenvalue weighted by Gasteiger charge is 2.17. The molecule has 3 N–H and O–H groups in total. The quantitative estimate of drug-likeness (QED) is 0.751. The van der Waals surface area contributed by atoms with Crippen LogP contribution in [0.1, 0.15) is 31.4 Å². The molecule has 0 radical (unpaired) electrons. The van der Waals surface area contributed by atoms with Crippen LogP contribution in [0.4, 0.5) is 0 Å². The Kier molecular flexibility index (Phi) is 3.86. The summed E-state index contributed by atoms with van der Waals surface area (Å²) in [7, 11) is 0. The summed E-state index contributed by atoms with van der Waals surface area (Å²) in [5.74, 6) is 0.196. The summed E-state index contributed by atoms with van der Waals surface area (Å²) in [6.07, 6.45) is 2.02. The van der Waals surface area contributed by atoms with Gasteiger partial charge < -0.3 is 20.3 Å². The average molecular weight is 237 g/mol. The fourth-order valence-electron chi connectivity index (χ4n) is 2.18. The highest BCUT2D eigenvalue weighted by molar-refractivity contribution is 5.37. The molecule has 1 aromatic carbocycles. The Balaban J connectivity index is 2.00. The third-order valence-electron chi connectivity index (χ3n) is 3.13. The molecule has 94 valence electrons. The van der Waals surface area contributed by atoms with Gasteiger partial charge in [-0.25, -0.2) is 0 Å². The standard InChI is InChI=1S/C13H19NO3/c1-9(14-11-2-4-17-5-3-11)10-6-12(15)8-13(16)7-10/h6-9,11,14-16H,2-5H2,1H3. The van der Waals surface area contributed by atoms with E-state index in [1.165, 1.54) is 6.07 Å². The molecule has 0 saturated carbocycles. The summed E-state index contributed by atoms with van der Waals surface area (Å²) in [5, 5.41) is 22.4. The fraction of sp³-hybridized carbons (Fsp3) is 0.538. The van der Waals surface area contributed by atoms with E-state index in [-0.39, 0.29) is 17.5 Å². The summed E-state index contributed by atoms with van der Waals surface area (Å²) in [6, 6.07) is 5.25. The Morgan fingerprint density at radius 1 is 1.18 bits per heavy atom. The maximum Gasteiger partial charge on any atom is 0.119 e. The fourth-order valence-corrected chi connectivity index (χ4v) is 2.18. The van der Waals surface area contributed by atoms with Gasteiger partial charge in [0.15, 0.2) is 0 Å². The molecular weight excluding hydrogens is 218 g/mol. The number of phenols is 2. The van der Waals surface area contributed by atoms with Crippen molar-refractivity contribution in [1.82, 2.24) is 5.32 Å². The Bertz CT molecular complexity index is 355. The molecule has 1 aromatic rings. The molecule has 1 aliphatic heterocycles. The van der Waals surface area contributed by atoms with Crippen molar-refractivity contribution in [3.05, 3.63) is 23.8 Å². The number of rotatable bonds is 3. The van der Waals surface area contributed by atoms with E-state index >= 15 is 0 Å². The smallest absolute Gasteiger partial charge is 0.119 e. The van der Waals surface area contributed by atoms with Crippen LogP contribution in [-0.4, -0.2) is 29.5 Å². The van der Waals surface area contributed by atoms with Crippen LogP contribution in [0.3, 0.4) is 0 Å². The Morgan fingerprint density at radius 3 is 2.35 bits per heavy atom. The first-order valence-corrected chi connectivity index (χ1v) is 6.02. The number of aromatic hydroxyl groups is 2. The molecule has 0 amide bonds. The first-order chi connectivity index (χ1) is 8.15. The highest BCUT2D eigenvalue weighted by Crippen LogP contribution is 2.25. The second kappa shape index (κ2) is 5.38. The van der Waals surface area contributed by atoms with E-state index in [1.807, 2.05) is 6.92 Å². The lowest BCUT2D eigenvalue weighted by atomic mass is 10.0. The highest BCUT2D eigenvalue weighted by atomic mass is 16.5. The number of nitrogens with one attached hydrogen (secondary N) is 1. The minimum Gasteiger partial charge on any atom is -0.508 e. The minimum absolute atomic E-state index is 0.0978. The van der Waals surface area contributed by atoms with Gasteiger partial charge in [0.05, 0.1) is 0 Å². The van der Waals surface area contributed by atoms with E-state index in [4.69, 9.17) is 4.74 Å². The SMILES string of the molecule is CC(NC1CCOCC1)c1cc(O)cc(O)c1. The molecule has 2 rings (SSSR count). The van der Waals surface area contributed by atoms with Crippen LogP contribution in [0, 0.1) is 0 Å². The number of hydrogen-bond acceptors (Lipinski definition) is 4. The first kappa shape index (κ1) is 12.2. The second-order valence-electron chi connectivity index (χ2n) is 4.56. The second-order valence-corrected chi connectivity index (χ2v) is 4.56. The van der Waals surface area contributed by atoms with Gasteiger partial charge in [0.2, 0.25) is 0 Å². The lowest BCUT2D eigenvalue weighted by Crippen LogP contribution is -2.36. The molecule has 0 spiro atoms. The summed E-state index contributed by atoms with van der Waals surface area (Å²) >= 11 is 0. The van der Waals surface area contributed by atoms with Gasteiger partial charge in [-0.05, 0) is 37.5 Å². The molecule has 1 fully saturated rings. The zero-order valence-corrected chi connectivity index (χ0v) is 10.0. The monoisotopic (exact) mass is 237 g/mol. The molecule has 0 aliphatic carbocycles. The summed E-state index contributed by atoms with van der Waals surface area (Å²) in [4.78, 5) is 0. The number of ether oxygens (including phenoxy) is 1. The van der Waals surface area contributed by atoms with Gasteiger partial charge in [0.25, 0.3) is 0 Å². The van der Waals surface area contributed by atoms with Crippen LogP contribution in [-0.2, 0) is 4.74 Å². The lowest BCUT2D eigenvalue weighted by Gasteiger charge is -2.27. The normalized spacial score (nSPS) is 19.1. The maximum absolute atomic E-state index is 9.44. The van der Waals surface area contributed by atoms with Crippen LogP contribution in [0.25, 0.3) is 0 Å². The Morgan fingerprint density at radius 2 is 1.76 bits per heavy atom. The number of hydrogen-bond donors (Lipinski definition) is 3. The van der Waals surface area contributed by atoms with Gasteiger partial charge in [-0.2, -0.15) is 0 Å². The van der Waals surface area contributed by atoms with E-state index in [2.05, 4.69) is 5.32 Å². The molecule has 1 heterocycles. The van der Waals surface area contributed by atoms with Gasteiger partial charge >= 0.3 is 0 Å². The summed E-state index contributed by atoms with van der Waals surface area (Å²) in [5.41, 5.74) is 0.897. The van der Waals surface area contributed by atoms with Gasteiger partial charge in [-0.1, -0.05) is 0 Å². The molecule has 17 heavy (non-hydrogen) atoms. The van der Waals surface area contributed by atoms with E-state index in [1.54, 1.807) is 12.1 Å². The van der Waals surface area contributed by atoms with Crippen molar-refractivity contribution in [3.8, 4) is 11.5 Å². The maximum atomic E-state index is 9.44. The molecule has 0 aromatic heterocycles. The molecule has 1 aliphatic rings. The lowest BCUT2D eigenvalue weighted by molar-refractivity contribution is 0.0754. The number of benzene rings is 1. The zero-order chi connectivity index (χ0) is 12.3. The van der Waals surface area contributed by atoms with E-state index in [9.17, 15) is 10.2 Å². The van der Waals surface area contributed by atoms with Crippen LogP contribution < -0.4 is 5.32 Å². The van der Waals surface area contributed by atoms with Gasteiger partial charge in [-0.3, -0.25) is 0 Å². The summed E-state index contributed by atoms with van der Waals surface area (Å²) in [6.45, 7) is 3.63. The molecule has 0 bridgehead atoms. The van der Waals surface area contributed by atoms with Crippen LogP contribution in [0.15, 0.2) is 18.2 Å². The van der Waals surface area contributed by atoms with Crippen molar-refractivity contribution in [2.24, 2.45) is 0 Å². The predicted octanol–water partition coefficient (Wildman–Crippen LogP) is 1.93. The average Bonchev–Trinajstić information content (AvgIpc) is 2.29. The molecule has 1 saturated heterocycles. The third-order valence-corrected chi connectivity index (χ3v) is 3.13. The minimum atomic E-state index is 0.0978. The largest absolute Gasteiger partial charge is 0.508 e. The molecule has 1 atom stereocenters. The van der Waals surface area contributed by atoms with Crippen molar-refractivity contribution in [3.63, 3.8) is 0 Å². The number of phenolic OH excluding ortho intramolecular Hbond substituents is 2. The molecule has 4 nitrogen and oxygen atoms in total. The Hall–Kier alpha value is -1.26. The van der Waals surface area contributed by atoms with E-state index in [0.717, 1.165) is 31.6 Å². The van der Waals surface area contributed by atoms with Crippen molar-refractivity contribution in [2.45, 2.75) is 31.8 Å². The Labute approximate surface area is 101 Å². The van der Waals surface area contributed by atoms with E-state index in [0.29, 0.717) is 6.04 Å². The molecule has 4 heteroatoms. The molecule has 1 unspecified atom stereocenters. The van der Waals surface area contributed by atoms with Gasteiger partial charge in [0, 0.05) is 31.4 Å². The van der Waals surface area contributed by atoms with Crippen molar-refractivity contribution in [2.75, 3.05) is 13.2 Å². The van der Waals surface area contributed by atoms with Crippen LogP contribution in [0.5, 0.6) is 11.5 Å². The summed E-state index contributed by atoms with van der Waals surface area (Å²) < 4.78 is 5.31. The van der Waals surface area contributed by atoms with Gasteiger partial charge in [0.1, 0.15) is 11.5 Å². The van der Waals surface area contributed by atoms with E-state index < -0.39 is 0 Å². The van der Waals surface area contributed by atoms with Gasteiger partial charge in [-0.15, -0.1) is 0 Å². The third kappa shape index (κ3) is 3.35. The van der Waals surface area contributed by atoms with Crippen LogP contribution >= 0.6 is 0 Å². The van der Waals surface area contributed by atoms with Crippen molar-refractivity contribution >= 4 is 0 Å². The zero-order valence-electron chi connectivity index (χ0n) is 10.0. The van der Waals surface area contributed by atoms with Crippen molar-refractivity contribution in [1.29, 1.82) is 0 Å². The predicted molar refractivity (Wildman–Crippen MR) is 65.2 cm³/mol. The van der Waals surface area contributed by atoms with Crippen LogP contribution in [0.2, 0.25) is 0 Å². The van der Waals surface area contributed by atoms with Crippen molar-refractivity contribution < 1.29 is 14.9 Å². The molecular formula is C13H19NO3. The topological polar surface area (TPSA) is 61.7 Å².